The summed E-state index contributed by atoms with van der Waals surface area (Å²) in [7, 11) is -2.77. The van der Waals surface area contributed by atoms with Crippen molar-refractivity contribution >= 4 is 15.5 Å². The van der Waals surface area contributed by atoms with Crippen LogP contribution >= 0.6 is 0 Å². The minimum absolute atomic E-state index is 0.279. The Morgan fingerprint density at radius 1 is 0.794 bits per heavy atom. The summed E-state index contributed by atoms with van der Waals surface area (Å²) in [6, 6.07) is 16.4. The van der Waals surface area contributed by atoms with Gasteiger partial charge >= 0.3 is 0 Å². The number of ether oxygens (including phenoxy) is 1. The van der Waals surface area contributed by atoms with Gasteiger partial charge in [0, 0.05) is 25.3 Å². The third kappa shape index (κ3) is 12.4. The molecule has 4 rings (SSSR count). The van der Waals surface area contributed by atoms with Gasteiger partial charge in [0.25, 0.3) is 0 Å². The molecule has 194 valence electrons. The summed E-state index contributed by atoms with van der Waals surface area (Å²) in [5, 5.41) is 3.28. The first-order valence-electron chi connectivity index (χ1n) is 12.9. The van der Waals surface area contributed by atoms with Crippen molar-refractivity contribution < 1.29 is 13.2 Å². The van der Waals surface area contributed by atoms with E-state index in [-0.39, 0.29) is 11.5 Å². The lowest BCUT2D eigenvalue weighted by Gasteiger charge is -2.28. The highest BCUT2D eigenvalue weighted by Crippen LogP contribution is 2.18. The van der Waals surface area contributed by atoms with Crippen LogP contribution in [0.15, 0.2) is 48.5 Å². The van der Waals surface area contributed by atoms with Gasteiger partial charge in [-0.2, -0.15) is 0 Å². The Balaban J connectivity index is 0.000000529. The highest BCUT2D eigenvalue weighted by Gasteiger charge is 2.21. The van der Waals surface area contributed by atoms with Gasteiger partial charge in [-0.15, -0.1) is 0 Å². The van der Waals surface area contributed by atoms with E-state index in [1.54, 1.807) is 0 Å². The van der Waals surface area contributed by atoms with Gasteiger partial charge in [0.15, 0.2) is 9.84 Å². The molecule has 2 saturated heterocycles. The molecule has 1 atom stereocenters. The van der Waals surface area contributed by atoms with Crippen LogP contribution in [0.5, 0.6) is 5.75 Å². The fourth-order valence-corrected chi connectivity index (χ4v) is 4.47. The van der Waals surface area contributed by atoms with Gasteiger partial charge in [0.1, 0.15) is 11.9 Å². The largest absolute Gasteiger partial charge is 0.489 e. The maximum atomic E-state index is 11.3. The number of benzene rings is 2. The Labute approximate surface area is 209 Å². The standard InChI is InChI=1S/C11H15NO2S.C11H15NO.3C2H6/c1-10-2-4-11(5-3-10)12-6-8-15(13,14)9-7-12;1-9-2-4-10(5-3-9)13-11-6-7-12-8-11;3*1-2/h2-5H,6-9H2,1H3;2-5,11-12H,6-8H2,1H3;3*1-2H3. The van der Waals surface area contributed by atoms with Crippen molar-refractivity contribution in [3.8, 4) is 5.75 Å². The molecule has 0 amide bonds. The lowest BCUT2D eigenvalue weighted by Crippen LogP contribution is -2.40. The number of aryl methyl sites for hydroxylation is 2. The molecule has 0 aliphatic carbocycles. The Hall–Kier alpha value is -2.05. The van der Waals surface area contributed by atoms with Crippen molar-refractivity contribution in [2.75, 3.05) is 42.6 Å². The normalized spacial score (nSPS) is 17.8. The third-order valence-electron chi connectivity index (χ3n) is 5.08. The molecule has 2 aliphatic rings. The predicted molar refractivity (Wildman–Crippen MR) is 149 cm³/mol. The van der Waals surface area contributed by atoms with E-state index in [2.05, 4.69) is 41.4 Å². The Bertz CT molecular complexity index is 830. The number of sulfone groups is 1. The zero-order valence-corrected chi connectivity index (χ0v) is 23.5. The second-order valence-corrected chi connectivity index (χ2v) is 9.82. The molecule has 1 unspecified atom stereocenters. The van der Waals surface area contributed by atoms with Crippen molar-refractivity contribution in [1.82, 2.24) is 5.32 Å². The molecule has 6 heteroatoms. The molecule has 0 aromatic heterocycles. The van der Waals surface area contributed by atoms with Gasteiger partial charge in [-0.1, -0.05) is 76.9 Å². The molecule has 1 N–H and O–H groups in total. The van der Waals surface area contributed by atoms with E-state index in [4.69, 9.17) is 4.74 Å². The smallest absolute Gasteiger partial charge is 0.153 e. The van der Waals surface area contributed by atoms with E-state index >= 15 is 0 Å². The molecule has 0 radical (unpaired) electrons. The number of anilines is 1. The number of hydrogen-bond donors (Lipinski definition) is 1. The summed E-state index contributed by atoms with van der Waals surface area (Å²) in [5.74, 6) is 1.54. The van der Waals surface area contributed by atoms with Crippen molar-refractivity contribution in [2.24, 2.45) is 0 Å². The van der Waals surface area contributed by atoms with Gasteiger partial charge in [-0.3, -0.25) is 0 Å². The average molecular weight is 493 g/mol. The molecule has 0 bridgehead atoms. The van der Waals surface area contributed by atoms with E-state index in [9.17, 15) is 8.42 Å². The van der Waals surface area contributed by atoms with E-state index < -0.39 is 9.84 Å². The minimum Gasteiger partial charge on any atom is -0.489 e. The van der Waals surface area contributed by atoms with Crippen molar-refractivity contribution in [3.05, 3.63) is 59.7 Å². The summed E-state index contributed by atoms with van der Waals surface area (Å²) >= 11 is 0. The van der Waals surface area contributed by atoms with E-state index in [0.29, 0.717) is 19.2 Å². The molecular formula is C28H48N2O3S. The first kappa shape index (κ1) is 31.9. The fourth-order valence-electron chi connectivity index (χ4n) is 3.26. The molecule has 2 heterocycles. The summed E-state index contributed by atoms with van der Waals surface area (Å²) in [6.45, 7) is 19.4. The molecule has 2 aromatic rings. The van der Waals surface area contributed by atoms with Crippen LogP contribution in [0.2, 0.25) is 0 Å². The highest BCUT2D eigenvalue weighted by atomic mass is 32.2. The topological polar surface area (TPSA) is 58.6 Å². The Kier molecular flexibility index (Phi) is 17.2. The quantitative estimate of drug-likeness (QED) is 0.566. The first-order chi connectivity index (χ1) is 16.4. The first-order valence-corrected chi connectivity index (χ1v) is 14.7. The molecule has 0 saturated carbocycles. The van der Waals surface area contributed by atoms with Crippen molar-refractivity contribution in [3.63, 3.8) is 0 Å². The number of rotatable bonds is 3. The van der Waals surface area contributed by atoms with E-state index in [1.807, 2.05) is 72.7 Å². The minimum atomic E-state index is -2.77. The second kappa shape index (κ2) is 18.3. The van der Waals surface area contributed by atoms with Gasteiger partial charge in [0.2, 0.25) is 0 Å². The maximum Gasteiger partial charge on any atom is 0.153 e. The van der Waals surface area contributed by atoms with Crippen molar-refractivity contribution in [2.45, 2.75) is 67.9 Å². The van der Waals surface area contributed by atoms with E-state index in [0.717, 1.165) is 30.9 Å². The number of hydrogen-bond acceptors (Lipinski definition) is 5. The molecule has 2 aliphatic heterocycles. The van der Waals surface area contributed by atoms with Crippen LogP contribution in [-0.4, -0.2) is 52.2 Å². The lowest BCUT2D eigenvalue weighted by atomic mass is 10.2. The third-order valence-corrected chi connectivity index (χ3v) is 6.69. The molecular weight excluding hydrogens is 444 g/mol. The van der Waals surface area contributed by atoms with Crippen LogP contribution in [0.3, 0.4) is 0 Å². The van der Waals surface area contributed by atoms with Crippen LogP contribution in [-0.2, 0) is 9.84 Å². The molecule has 2 aromatic carbocycles. The maximum absolute atomic E-state index is 11.3. The van der Waals surface area contributed by atoms with Gasteiger partial charge in [-0.05, 0) is 51.1 Å². The molecule has 2 fully saturated rings. The van der Waals surface area contributed by atoms with Crippen LogP contribution in [0.4, 0.5) is 5.69 Å². The number of nitrogens with one attached hydrogen (secondary N) is 1. The highest BCUT2D eigenvalue weighted by molar-refractivity contribution is 7.91. The van der Waals surface area contributed by atoms with Crippen LogP contribution in [0.1, 0.15) is 59.1 Å². The summed E-state index contributed by atoms with van der Waals surface area (Å²) < 4.78 is 28.3. The predicted octanol–water partition coefficient (Wildman–Crippen LogP) is 6.04. The zero-order chi connectivity index (χ0) is 26.0. The van der Waals surface area contributed by atoms with Crippen LogP contribution < -0.4 is 15.0 Å². The van der Waals surface area contributed by atoms with Gasteiger partial charge in [-0.25, -0.2) is 8.42 Å². The fraction of sp³-hybridized carbons (Fsp3) is 0.571. The summed E-state index contributed by atoms with van der Waals surface area (Å²) in [5.41, 5.74) is 3.62. The molecule has 0 spiro atoms. The van der Waals surface area contributed by atoms with Crippen LogP contribution in [0.25, 0.3) is 0 Å². The average Bonchev–Trinajstić information content (AvgIpc) is 3.39. The number of nitrogens with zero attached hydrogens (tertiary/aromatic N) is 1. The monoisotopic (exact) mass is 492 g/mol. The SMILES string of the molecule is CC.CC.CC.Cc1ccc(N2CCS(=O)(=O)CC2)cc1.Cc1ccc(OC2CCNC2)cc1. The van der Waals surface area contributed by atoms with Gasteiger partial charge < -0.3 is 15.0 Å². The Morgan fingerprint density at radius 3 is 1.71 bits per heavy atom. The summed E-state index contributed by atoms with van der Waals surface area (Å²) in [6.07, 6.45) is 1.48. The van der Waals surface area contributed by atoms with Crippen molar-refractivity contribution in [1.29, 1.82) is 0 Å². The van der Waals surface area contributed by atoms with Gasteiger partial charge in [0.05, 0.1) is 11.5 Å². The van der Waals surface area contributed by atoms with Crippen LogP contribution in [0, 0.1) is 13.8 Å². The lowest BCUT2D eigenvalue weighted by molar-refractivity contribution is 0.223. The second-order valence-electron chi connectivity index (χ2n) is 7.52. The zero-order valence-electron chi connectivity index (χ0n) is 22.7. The van der Waals surface area contributed by atoms with E-state index in [1.165, 1.54) is 11.1 Å². The summed E-state index contributed by atoms with van der Waals surface area (Å²) in [4.78, 5) is 2.13. The molecule has 34 heavy (non-hydrogen) atoms. The Morgan fingerprint density at radius 2 is 1.26 bits per heavy atom. The molecule has 5 nitrogen and oxygen atoms in total.